The molecule has 0 spiro atoms. The first-order valence-corrected chi connectivity index (χ1v) is 8.41. The van der Waals surface area contributed by atoms with Gasteiger partial charge in [-0.05, 0) is 66.2 Å². The van der Waals surface area contributed by atoms with Gasteiger partial charge < -0.3 is 10.2 Å². The molecule has 0 radical (unpaired) electrons. The lowest BCUT2D eigenvalue weighted by atomic mass is 10.0. The first kappa shape index (κ1) is 15.0. The number of amides is 1. The van der Waals surface area contributed by atoms with Crippen LogP contribution in [0, 0.1) is 11.7 Å². The van der Waals surface area contributed by atoms with E-state index in [0.717, 1.165) is 25.3 Å². The molecule has 0 aromatic heterocycles. The summed E-state index contributed by atoms with van der Waals surface area (Å²) < 4.78 is 14.4. The molecule has 0 bridgehead atoms. The molecule has 3 nitrogen and oxygen atoms in total. The standard InChI is InChI=1S/C16H20BrFN2O/c17-13-2-1-3-14(18)15(13)16(21)20-8-6-12(7-9-20)19-10-11-4-5-11/h1-3,11-12,19H,4-10H2. The maximum atomic E-state index is 13.9. The van der Waals surface area contributed by atoms with E-state index in [-0.39, 0.29) is 11.5 Å². The van der Waals surface area contributed by atoms with Crippen LogP contribution in [0.25, 0.3) is 0 Å². The zero-order chi connectivity index (χ0) is 14.8. The lowest BCUT2D eigenvalue weighted by Gasteiger charge is -2.33. The largest absolute Gasteiger partial charge is 0.338 e. The Balaban J connectivity index is 1.57. The summed E-state index contributed by atoms with van der Waals surface area (Å²) in [6.45, 7) is 2.50. The van der Waals surface area contributed by atoms with Crippen molar-refractivity contribution in [3.63, 3.8) is 0 Å². The lowest BCUT2D eigenvalue weighted by molar-refractivity contribution is 0.0699. The number of piperidine rings is 1. The number of benzene rings is 1. The van der Waals surface area contributed by atoms with Crippen molar-refractivity contribution < 1.29 is 9.18 Å². The van der Waals surface area contributed by atoms with Crippen LogP contribution >= 0.6 is 15.9 Å². The van der Waals surface area contributed by atoms with Gasteiger partial charge in [-0.15, -0.1) is 0 Å². The summed E-state index contributed by atoms with van der Waals surface area (Å²) >= 11 is 3.27. The van der Waals surface area contributed by atoms with Gasteiger partial charge in [0.25, 0.3) is 5.91 Å². The molecular weight excluding hydrogens is 335 g/mol. The van der Waals surface area contributed by atoms with Crippen molar-refractivity contribution in [1.82, 2.24) is 10.2 Å². The Kier molecular flexibility index (Phi) is 4.60. The van der Waals surface area contributed by atoms with E-state index < -0.39 is 5.82 Å². The summed E-state index contributed by atoms with van der Waals surface area (Å²) in [5, 5.41) is 3.58. The predicted molar refractivity (Wildman–Crippen MR) is 83.8 cm³/mol. The molecule has 5 heteroatoms. The number of likely N-dealkylation sites (tertiary alicyclic amines) is 1. The third kappa shape index (κ3) is 3.64. The molecular formula is C16H20BrFN2O. The maximum Gasteiger partial charge on any atom is 0.257 e. The van der Waals surface area contributed by atoms with Crippen LogP contribution < -0.4 is 5.32 Å². The van der Waals surface area contributed by atoms with E-state index in [1.165, 1.54) is 18.9 Å². The van der Waals surface area contributed by atoms with E-state index in [4.69, 9.17) is 0 Å². The van der Waals surface area contributed by atoms with Crippen molar-refractivity contribution in [2.45, 2.75) is 31.7 Å². The second kappa shape index (κ2) is 6.44. The summed E-state index contributed by atoms with van der Waals surface area (Å²) in [7, 11) is 0. The van der Waals surface area contributed by atoms with Crippen molar-refractivity contribution in [3.8, 4) is 0 Å². The molecule has 0 atom stereocenters. The molecule has 0 unspecified atom stereocenters. The van der Waals surface area contributed by atoms with Crippen LogP contribution in [0.1, 0.15) is 36.0 Å². The van der Waals surface area contributed by atoms with Gasteiger partial charge in [-0.25, -0.2) is 4.39 Å². The van der Waals surface area contributed by atoms with Crippen molar-refractivity contribution >= 4 is 21.8 Å². The van der Waals surface area contributed by atoms with Crippen LogP contribution in [-0.2, 0) is 0 Å². The number of nitrogens with zero attached hydrogens (tertiary/aromatic N) is 1. The highest BCUT2D eigenvalue weighted by Gasteiger charge is 2.28. The topological polar surface area (TPSA) is 32.3 Å². The lowest BCUT2D eigenvalue weighted by Crippen LogP contribution is -2.45. The van der Waals surface area contributed by atoms with Crippen LogP contribution in [-0.4, -0.2) is 36.5 Å². The van der Waals surface area contributed by atoms with Gasteiger partial charge in [0.2, 0.25) is 0 Å². The molecule has 114 valence electrons. The van der Waals surface area contributed by atoms with Crippen molar-refractivity contribution in [3.05, 3.63) is 34.1 Å². The molecule has 1 aliphatic heterocycles. The molecule has 1 N–H and O–H groups in total. The minimum absolute atomic E-state index is 0.155. The second-order valence-corrected chi connectivity index (χ2v) is 6.87. The minimum atomic E-state index is -0.455. The van der Waals surface area contributed by atoms with Crippen LogP contribution in [0.4, 0.5) is 4.39 Å². The van der Waals surface area contributed by atoms with Gasteiger partial charge in [-0.2, -0.15) is 0 Å². The summed E-state index contributed by atoms with van der Waals surface area (Å²) in [5.74, 6) is 0.211. The molecule has 2 aliphatic rings. The maximum absolute atomic E-state index is 13.9. The number of carbonyl (C=O) groups is 1. The average Bonchev–Trinajstić information content (AvgIpc) is 3.29. The normalized spacial score (nSPS) is 19.8. The number of hydrogen-bond acceptors (Lipinski definition) is 2. The number of nitrogens with one attached hydrogen (secondary N) is 1. The highest BCUT2D eigenvalue weighted by Crippen LogP contribution is 2.28. The van der Waals surface area contributed by atoms with E-state index >= 15 is 0 Å². The predicted octanol–water partition coefficient (Wildman–Crippen LogP) is 3.19. The van der Waals surface area contributed by atoms with Crippen LogP contribution in [0.3, 0.4) is 0 Å². The summed E-state index contributed by atoms with van der Waals surface area (Å²) in [6.07, 6.45) is 4.60. The molecule has 1 aliphatic carbocycles. The van der Waals surface area contributed by atoms with Gasteiger partial charge in [-0.3, -0.25) is 4.79 Å². The molecule has 1 aromatic rings. The zero-order valence-electron chi connectivity index (χ0n) is 11.9. The highest BCUT2D eigenvalue weighted by atomic mass is 79.9. The van der Waals surface area contributed by atoms with Crippen LogP contribution in [0.15, 0.2) is 22.7 Å². The van der Waals surface area contributed by atoms with E-state index in [9.17, 15) is 9.18 Å². The summed E-state index contributed by atoms with van der Waals surface area (Å²) in [5.41, 5.74) is 0.155. The SMILES string of the molecule is O=C(c1c(F)cccc1Br)N1CCC(NCC2CC2)CC1. The molecule has 2 fully saturated rings. The molecule has 1 saturated carbocycles. The Labute approximate surface area is 133 Å². The summed E-state index contributed by atoms with van der Waals surface area (Å²) in [6, 6.07) is 5.14. The molecule has 1 heterocycles. The van der Waals surface area contributed by atoms with E-state index in [1.807, 2.05) is 0 Å². The van der Waals surface area contributed by atoms with Crippen LogP contribution in [0.2, 0.25) is 0 Å². The first-order chi connectivity index (χ1) is 10.1. The Bertz CT molecular complexity index is 505. The van der Waals surface area contributed by atoms with Gasteiger partial charge in [-0.1, -0.05) is 6.07 Å². The minimum Gasteiger partial charge on any atom is -0.338 e. The monoisotopic (exact) mass is 354 g/mol. The first-order valence-electron chi connectivity index (χ1n) is 7.62. The van der Waals surface area contributed by atoms with E-state index in [0.29, 0.717) is 23.6 Å². The van der Waals surface area contributed by atoms with Crippen molar-refractivity contribution in [1.29, 1.82) is 0 Å². The van der Waals surface area contributed by atoms with E-state index in [1.54, 1.807) is 17.0 Å². The molecule has 1 aromatic carbocycles. The number of hydrogen-bond donors (Lipinski definition) is 1. The fourth-order valence-corrected chi connectivity index (χ4v) is 3.31. The Morgan fingerprint density at radius 1 is 1.29 bits per heavy atom. The third-order valence-electron chi connectivity index (χ3n) is 4.35. The van der Waals surface area contributed by atoms with E-state index in [2.05, 4.69) is 21.2 Å². The third-order valence-corrected chi connectivity index (χ3v) is 5.01. The Hall–Kier alpha value is -0.940. The average molecular weight is 355 g/mol. The highest BCUT2D eigenvalue weighted by molar-refractivity contribution is 9.10. The number of rotatable bonds is 4. The Morgan fingerprint density at radius 2 is 2.00 bits per heavy atom. The smallest absolute Gasteiger partial charge is 0.257 e. The van der Waals surface area contributed by atoms with Gasteiger partial charge >= 0.3 is 0 Å². The zero-order valence-corrected chi connectivity index (χ0v) is 13.5. The van der Waals surface area contributed by atoms with Gasteiger partial charge in [0, 0.05) is 23.6 Å². The Morgan fingerprint density at radius 3 is 2.62 bits per heavy atom. The molecule has 1 saturated heterocycles. The number of carbonyl (C=O) groups excluding carboxylic acids is 1. The molecule has 3 rings (SSSR count). The van der Waals surface area contributed by atoms with Gasteiger partial charge in [0.05, 0.1) is 5.56 Å². The van der Waals surface area contributed by atoms with Gasteiger partial charge in [0.15, 0.2) is 0 Å². The fourth-order valence-electron chi connectivity index (χ4n) is 2.80. The number of halogens is 2. The fraction of sp³-hybridized carbons (Fsp3) is 0.562. The summed E-state index contributed by atoms with van der Waals surface area (Å²) in [4.78, 5) is 14.2. The van der Waals surface area contributed by atoms with Gasteiger partial charge in [0.1, 0.15) is 5.82 Å². The van der Waals surface area contributed by atoms with Crippen molar-refractivity contribution in [2.75, 3.05) is 19.6 Å². The molecule has 21 heavy (non-hydrogen) atoms. The second-order valence-electron chi connectivity index (χ2n) is 6.01. The quantitative estimate of drug-likeness (QED) is 0.900. The molecule has 1 amide bonds. The van der Waals surface area contributed by atoms with Crippen LogP contribution in [0.5, 0.6) is 0 Å². The van der Waals surface area contributed by atoms with Crippen molar-refractivity contribution in [2.24, 2.45) is 5.92 Å².